The summed E-state index contributed by atoms with van der Waals surface area (Å²) in [6.07, 6.45) is -5.43. The first-order valence-corrected chi connectivity index (χ1v) is 13.1. The molecular formula is C30H30O13. The van der Waals surface area contributed by atoms with Crippen LogP contribution in [0.5, 0.6) is 11.5 Å². The van der Waals surface area contributed by atoms with E-state index in [4.69, 9.17) is 37.6 Å². The lowest BCUT2D eigenvalue weighted by atomic mass is 9.98. The van der Waals surface area contributed by atoms with Crippen LogP contribution in [0.4, 0.5) is 0 Å². The Balaban J connectivity index is 1.69. The lowest BCUT2D eigenvalue weighted by molar-refractivity contribution is -0.288. The predicted octanol–water partition coefficient (Wildman–Crippen LogP) is 2.93. The Morgan fingerprint density at radius 1 is 0.767 bits per heavy atom. The molecule has 4 rings (SSSR count). The molecule has 0 saturated carbocycles. The maximum Gasteiger partial charge on any atom is 0.303 e. The molecule has 1 aliphatic heterocycles. The van der Waals surface area contributed by atoms with E-state index in [1.807, 2.05) is 0 Å². The van der Waals surface area contributed by atoms with Crippen molar-refractivity contribution in [1.82, 2.24) is 0 Å². The summed E-state index contributed by atoms with van der Waals surface area (Å²) in [5.74, 6) is -2.17. The molecule has 2 aromatic carbocycles. The predicted molar refractivity (Wildman–Crippen MR) is 147 cm³/mol. The molecule has 1 fully saturated rings. The van der Waals surface area contributed by atoms with Crippen LogP contribution in [0.15, 0.2) is 57.9 Å². The molecule has 13 heteroatoms. The van der Waals surface area contributed by atoms with Crippen molar-refractivity contribution in [2.75, 3.05) is 13.7 Å². The zero-order chi connectivity index (χ0) is 31.3. The van der Waals surface area contributed by atoms with Crippen molar-refractivity contribution in [1.29, 1.82) is 0 Å². The first kappa shape index (κ1) is 31.0. The van der Waals surface area contributed by atoms with Crippen LogP contribution in [-0.4, -0.2) is 68.3 Å². The molecule has 43 heavy (non-hydrogen) atoms. The van der Waals surface area contributed by atoms with Gasteiger partial charge in [0.2, 0.25) is 12.4 Å². The van der Waals surface area contributed by atoms with Crippen molar-refractivity contribution in [3.63, 3.8) is 0 Å². The number of methoxy groups -OCH3 is 1. The molecule has 0 spiro atoms. The smallest absolute Gasteiger partial charge is 0.303 e. The standard InChI is InChI=1S/C30H30O13/c1-15(31)37-14-25-27(39-16(2)32)28(40-17(3)33)29(41-18(4)34)30(43-25)42-21-10-11-22-24(12-21)38-13-23(26(22)35)19-6-8-20(36-5)9-7-19/h6-13,25,27-30H,14H2,1-5H3/t25-,27-,28-,29+,30+/m1/s1. The molecule has 0 bridgehead atoms. The lowest BCUT2D eigenvalue weighted by Gasteiger charge is -2.43. The average molecular weight is 599 g/mol. The quantitative estimate of drug-likeness (QED) is 0.261. The van der Waals surface area contributed by atoms with Gasteiger partial charge < -0.3 is 37.6 Å². The highest BCUT2D eigenvalue weighted by atomic mass is 16.7. The van der Waals surface area contributed by atoms with Crippen molar-refractivity contribution < 1.29 is 56.8 Å². The second-order valence-electron chi connectivity index (χ2n) is 9.55. The maximum atomic E-state index is 13.3. The zero-order valence-electron chi connectivity index (χ0n) is 24.0. The largest absolute Gasteiger partial charge is 0.497 e. The molecule has 3 aromatic rings. The molecule has 0 radical (unpaired) electrons. The first-order chi connectivity index (χ1) is 20.5. The number of carbonyl (C=O) groups is 4. The Morgan fingerprint density at radius 2 is 1.37 bits per heavy atom. The van der Waals surface area contributed by atoms with Crippen LogP contribution in [0.3, 0.4) is 0 Å². The van der Waals surface area contributed by atoms with Gasteiger partial charge in [0.05, 0.1) is 18.1 Å². The number of rotatable bonds is 9. The van der Waals surface area contributed by atoms with Crippen LogP contribution in [0.2, 0.25) is 0 Å². The molecule has 2 heterocycles. The van der Waals surface area contributed by atoms with Gasteiger partial charge in [0.1, 0.15) is 36.1 Å². The lowest BCUT2D eigenvalue weighted by Crippen LogP contribution is -2.63. The van der Waals surface area contributed by atoms with Gasteiger partial charge in [-0.15, -0.1) is 0 Å². The Bertz CT molecular complexity index is 1560. The van der Waals surface area contributed by atoms with Gasteiger partial charge in [0.25, 0.3) is 0 Å². The molecule has 1 saturated heterocycles. The molecule has 1 aliphatic rings. The number of esters is 4. The van der Waals surface area contributed by atoms with Gasteiger partial charge in [-0.25, -0.2) is 0 Å². The van der Waals surface area contributed by atoms with Crippen LogP contribution >= 0.6 is 0 Å². The normalized spacial score (nSPS) is 21.4. The summed E-state index contributed by atoms with van der Waals surface area (Å²) in [6, 6.07) is 11.3. The highest BCUT2D eigenvalue weighted by molar-refractivity contribution is 5.82. The van der Waals surface area contributed by atoms with E-state index < -0.39 is 61.2 Å². The SMILES string of the molecule is COc1ccc(-c2coc3cc(O[C@H]4O[C@H](COC(C)=O)[C@@H](OC(C)=O)[C@@H](OC(C)=O)[C@@H]4OC(C)=O)ccc3c2=O)cc1. The minimum atomic E-state index is -1.44. The third-order valence-corrected chi connectivity index (χ3v) is 6.35. The monoisotopic (exact) mass is 598 g/mol. The van der Waals surface area contributed by atoms with Crippen molar-refractivity contribution >= 4 is 34.8 Å². The number of fused-ring (bicyclic) bond motifs is 1. The molecular weight excluding hydrogens is 568 g/mol. The minimum Gasteiger partial charge on any atom is -0.497 e. The van der Waals surface area contributed by atoms with Gasteiger partial charge in [-0.1, -0.05) is 12.1 Å². The van der Waals surface area contributed by atoms with E-state index in [-0.39, 0.29) is 22.1 Å². The van der Waals surface area contributed by atoms with E-state index in [0.717, 1.165) is 20.8 Å². The molecule has 0 N–H and O–H groups in total. The van der Waals surface area contributed by atoms with E-state index in [2.05, 4.69) is 0 Å². The summed E-state index contributed by atoms with van der Waals surface area (Å²) in [4.78, 5) is 60.8. The fraction of sp³-hybridized carbons (Fsp3) is 0.367. The molecule has 0 aliphatic carbocycles. The number of hydrogen-bond donors (Lipinski definition) is 0. The fourth-order valence-corrected chi connectivity index (χ4v) is 4.57. The minimum absolute atomic E-state index is 0.133. The van der Waals surface area contributed by atoms with E-state index in [9.17, 15) is 24.0 Å². The third-order valence-electron chi connectivity index (χ3n) is 6.35. The molecule has 0 unspecified atom stereocenters. The second-order valence-corrected chi connectivity index (χ2v) is 9.55. The Kier molecular flexibility index (Phi) is 9.66. The van der Waals surface area contributed by atoms with Crippen molar-refractivity contribution in [2.24, 2.45) is 0 Å². The van der Waals surface area contributed by atoms with Crippen LogP contribution in [0.1, 0.15) is 27.7 Å². The van der Waals surface area contributed by atoms with Gasteiger partial charge in [0, 0.05) is 33.8 Å². The highest BCUT2D eigenvalue weighted by Crippen LogP contribution is 2.32. The molecule has 1 aromatic heterocycles. The summed E-state index contributed by atoms with van der Waals surface area (Å²) >= 11 is 0. The average Bonchev–Trinajstić information content (AvgIpc) is 2.94. The maximum absolute atomic E-state index is 13.3. The Morgan fingerprint density at radius 3 is 1.98 bits per heavy atom. The van der Waals surface area contributed by atoms with Crippen molar-refractivity contribution in [3.05, 3.63) is 59.0 Å². The van der Waals surface area contributed by atoms with Gasteiger partial charge in [0.15, 0.2) is 17.6 Å². The summed E-state index contributed by atoms with van der Waals surface area (Å²) in [5.41, 5.74) is 0.869. The van der Waals surface area contributed by atoms with Gasteiger partial charge >= 0.3 is 23.9 Å². The molecule has 5 atom stereocenters. The van der Waals surface area contributed by atoms with Crippen LogP contribution in [0, 0.1) is 0 Å². The molecule has 13 nitrogen and oxygen atoms in total. The van der Waals surface area contributed by atoms with Gasteiger partial charge in [-0.2, -0.15) is 0 Å². The Hall–Kier alpha value is -4.91. The van der Waals surface area contributed by atoms with Crippen molar-refractivity contribution in [2.45, 2.75) is 58.4 Å². The van der Waals surface area contributed by atoms with E-state index >= 15 is 0 Å². The summed E-state index contributed by atoms with van der Waals surface area (Å²) in [5, 5.41) is 0.266. The number of ether oxygens (including phenoxy) is 7. The third kappa shape index (κ3) is 7.49. The van der Waals surface area contributed by atoms with Crippen LogP contribution in [0.25, 0.3) is 22.1 Å². The van der Waals surface area contributed by atoms with Crippen LogP contribution < -0.4 is 14.9 Å². The zero-order valence-corrected chi connectivity index (χ0v) is 24.0. The summed E-state index contributed by atoms with van der Waals surface area (Å²) in [7, 11) is 1.54. The van der Waals surface area contributed by atoms with Crippen molar-refractivity contribution in [3.8, 4) is 22.6 Å². The molecule has 228 valence electrons. The van der Waals surface area contributed by atoms with E-state index in [1.165, 1.54) is 31.4 Å². The van der Waals surface area contributed by atoms with E-state index in [1.54, 1.807) is 31.4 Å². The van der Waals surface area contributed by atoms with E-state index in [0.29, 0.717) is 16.9 Å². The number of carbonyl (C=O) groups excluding carboxylic acids is 4. The van der Waals surface area contributed by atoms with Gasteiger partial charge in [-0.05, 0) is 29.8 Å². The first-order valence-electron chi connectivity index (χ1n) is 13.1. The van der Waals surface area contributed by atoms with Gasteiger partial charge in [-0.3, -0.25) is 24.0 Å². The number of hydrogen-bond acceptors (Lipinski definition) is 13. The highest BCUT2D eigenvalue weighted by Gasteiger charge is 2.53. The second kappa shape index (κ2) is 13.4. The van der Waals surface area contributed by atoms with Crippen LogP contribution in [-0.2, 0) is 42.9 Å². The Labute approximate surface area is 245 Å². The summed E-state index contributed by atoms with van der Waals surface area (Å²) < 4.78 is 44.2. The number of benzene rings is 2. The summed E-state index contributed by atoms with van der Waals surface area (Å²) in [6.45, 7) is 4.14. The molecule has 0 amide bonds. The fourth-order valence-electron chi connectivity index (χ4n) is 4.57. The topological polar surface area (TPSA) is 163 Å².